The highest BCUT2D eigenvalue weighted by Gasteiger charge is 2.16. The van der Waals surface area contributed by atoms with Gasteiger partial charge in [-0.1, -0.05) is 24.2 Å². The second kappa shape index (κ2) is 6.17. The van der Waals surface area contributed by atoms with Crippen molar-refractivity contribution in [2.24, 2.45) is 7.05 Å². The minimum atomic E-state index is -0.234. The van der Waals surface area contributed by atoms with Gasteiger partial charge in [0, 0.05) is 18.3 Å². The molecule has 0 amide bonds. The Labute approximate surface area is 137 Å². The summed E-state index contributed by atoms with van der Waals surface area (Å²) in [6, 6.07) is 4.17. The number of aryl methyl sites for hydroxylation is 3. The highest BCUT2D eigenvalue weighted by atomic mass is 35.5. The van der Waals surface area contributed by atoms with Crippen molar-refractivity contribution in [3.63, 3.8) is 0 Å². The highest BCUT2D eigenvalue weighted by molar-refractivity contribution is 6.29. The van der Waals surface area contributed by atoms with Gasteiger partial charge in [0.1, 0.15) is 11.9 Å². The third-order valence-corrected chi connectivity index (χ3v) is 4.46. The van der Waals surface area contributed by atoms with E-state index in [2.05, 4.69) is 44.6 Å². The first-order chi connectivity index (χ1) is 10.2. The van der Waals surface area contributed by atoms with Gasteiger partial charge < -0.3 is 4.74 Å². The van der Waals surface area contributed by atoms with Crippen molar-refractivity contribution in [1.29, 1.82) is 0 Å². The largest absolute Gasteiger partial charge is 0.485 e. The lowest BCUT2D eigenvalue weighted by Crippen LogP contribution is -2.12. The minimum Gasteiger partial charge on any atom is -0.485 e. The van der Waals surface area contributed by atoms with Gasteiger partial charge in [-0.05, 0) is 57.4 Å². The standard InChI is InChI=1S/C18H23ClN2O/c1-10-8-11(2)17(22-15(6)13(4)19)9-16(10)18-12(3)14(5)21(7)20-18/h8-9,15H,4H2,1-3,5-7H3. The fraction of sp³-hybridized carbons (Fsp3) is 0.389. The number of rotatable bonds is 4. The van der Waals surface area contributed by atoms with Crippen LogP contribution in [0.25, 0.3) is 11.3 Å². The summed E-state index contributed by atoms with van der Waals surface area (Å²) in [6.45, 7) is 13.9. The second-order valence-electron chi connectivity index (χ2n) is 5.82. The van der Waals surface area contributed by atoms with Gasteiger partial charge in [-0.25, -0.2) is 0 Å². The van der Waals surface area contributed by atoms with Gasteiger partial charge >= 0.3 is 0 Å². The zero-order chi connectivity index (χ0) is 16.6. The molecule has 0 aliphatic heterocycles. The fourth-order valence-corrected chi connectivity index (χ4v) is 2.48. The van der Waals surface area contributed by atoms with Crippen LogP contribution in [-0.2, 0) is 7.05 Å². The number of aromatic nitrogens is 2. The molecule has 0 fully saturated rings. The van der Waals surface area contributed by atoms with Gasteiger partial charge in [0.05, 0.1) is 10.7 Å². The van der Waals surface area contributed by atoms with Crippen LogP contribution in [0.3, 0.4) is 0 Å². The van der Waals surface area contributed by atoms with Crippen molar-refractivity contribution in [2.45, 2.75) is 40.7 Å². The Balaban J connectivity index is 2.53. The predicted octanol–water partition coefficient (Wildman–Crippen LogP) is 4.84. The van der Waals surface area contributed by atoms with E-state index < -0.39 is 0 Å². The van der Waals surface area contributed by atoms with E-state index in [-0.39, 0.29) is 6.10 Å². The molecule has 3 nitrogen and oxygen atoms in total. The molecule has 1 unspecified atom stereocenters. The van der Waals surface area contributed by atoms with E-state index in [1.54, 1.807) is 0 Å². The predicted molar refractivity (Wildman–Crippen MR) is 92.7 cm³/mol. The molecule has 1 aromatic heterocycles. The third kappa shape index (κ3) is 3.05. The van der Waals surface area contributed by atoms with Crippen LogP contribution in [0.4, 0.5) is 0 Å². The van der Waals surface area contributed by atoms with Crippen molar-refractivity contribution >= 4 is 11.6 Å². The molecule has 0 aliphatic rings. The number of hydrogen-bond acceptors (Lipinski definition) is 2. The molecule has 0 saturated heterocycles. The van der Waals surface area contributed by atoms with Gasteiger partial charge in [0.15, 0.2) is 0 Å². The number of hydrogen-bond donors (Lipinski definition) is 0. The maximum Gasteiger partial charge on any atom is 0.131 e. The van der Waals surface area contributed by atoms with Crippen LogP contribution in [0, 0.1) is 27.7 Å². The molecule has 0 spiro atoms. The second-order valence-corrected chi connectivity index (χ2v) is 6.31. The summed E-state index contributed by atoms with van der Waals surface area (Å²) >= 11 is 5.93. The normalized spacial score (nSPS) is 12.3. The zero-order valence-electron chi connectivity index (χ0n) is 14.1. The summed E-state index contributed by atoms with van der Waals surface area (Å²) in [5, 5.41) is 5.14. The molecule has 0 radical (unpaired) electrons. The van der Waals surface area contributed by atoms with Crippen LogP contribution < -0.4 is 4.74 Å². The molecule has 2 aromatic rings. The number of benzene rings is 1. The molecule has 22 heavy (non-hydrogen) atoms. The first-order valence-corrected chi connectivity index (χ1v) is 7.73. The molecular formula is C18H23ClN2O. The molecule has 0 bridgehead atoms. The number of nitrogens with zero attached hydrogens (tertiary/aromatic N) is 2. The zero-order valence-corrected chi connectivity index (χ0v) is 14.9. The van der Waals surface area contributed by atoms with Crippen LogP contribution in [0.5, 0.6) is 5.75 Å². The topological polar surface area (TPSA) is 27.1 Å². The highest BCUT2D eigenvalue weighted by Crippen LogP contribution is 2.33. The van der Waals surface area contributed by atoms with Crippen LogP contribution in [0.1, 0.15) is 29.3 Å². The van der Waals surface area contributed by atoms with Crippen molar-refractivity contribution in [1.82, 2.24) is 9.78 Å². The van der Waals surface area contributed by atoms with Gasteiger partial charge in [-0.3, -0.25) is 4.68 Å². The smallest absolute Gasteiger partial charge is 0.131 e. The summed E-state index contributed by atoms with van der Waals surface area (Å²) in [5.74, 6) is 0.817. The molecule has 0 N–H and O–H groups in total. The SMILES string of the molecule is C=C(Cl)C(C)Oc1cc(-c2nn(C)c(C)c2C)c(C)cc1C. The van der Waals surface area contributed by atoms with Gasteiger partial charge in [0.2, 0.25) is 0 Å². The molecular weight excluding hydrogens is 296 g/mol. The van der Waals surface area contributed by atoms with Crippen LogP contribution in [-0.4, -0.2) is 15.9 Å². The molecule has 2 rings (SSSR count). The molecule has 1 atom stereocenters. The lowest BCUT2D eigenvalue weighted by molar-refractivity contribution is 0.264. The Morgan fingerprint density at radius 2 is 1.86 bits per heavy atom. The summed E-state index contributed by atoms with van der Waals surface area (Å²) in [6.07, 6.45) is -0.234. The van der Waals surface area contributed by atoms with Crippen molar-refractivity contribution < 1.29 is 4.74 Å². The van der Waals surface area contributed by atoms with E-state index >= 15 is 0 Å². The van der Waals surface area contributed by atoms with Crippen molar-refractivity contribution in [2.75, 3.05) is 0 Å². The average molecular weight is 319 g/mol. The summed E-state index contributed by atoms with van der Waals surface area (Å²) in [7, 11) is 1.96. The van der Waals surface area contributed by atoms with E-state index in [4.69, 9.17) is 16.3 Å². The maximum atomic E-state index is 5.93. The van der Waals surface area contributed by atoms with Gasteiger partial charge in [-0.2, -0.15) is 5.10 Å². The molecule has 0 aliphatic carbocycles. The lowest BCUT2D eigenvalue weighted by Gasteiger charge is -2.17. The van der Waals surface area contributed by atoms with Crippen molar-refractivity contribution in [3.05, 3.63) is 46.1 Å². The van der Waals surface area contributed by atoms with E-state index in [1.165, 1.54) is 16.8 Å². The Bertz CT molecular complexity index is 731. The van der Waals surface area contributed by atoms with Gasteiger partial charge in [-0.15, -0.1) is 0 Å². The molecule has 1 heterocycles. The first-order valence-electron chi connectivity index (χ1n) is 7.35. The van der Waals surface area contributed by atoms with Crippen LogP contribution in [0.15, 0.2) is 23.7 Å². The van der Waals surface area contributed by atoms with E-state index in [1.807, 2.05) is 25.6 Å². The molecule has 4 heteroatoms. The quantitative estimate of drug-likeness (QED) is 0.806. The Morgan fingerprint density at radius 3 is 2.36 bits per heavy atom. The Morgan fingerprint density at radius 1 is 1.23 bits per heavy atom. The van der Waals surface area contributed by atoms with E-state index in [0.29, 0.717) is 5.03 Å². The van der Waals surface area contributed by atoms with E-state index in [0.717, 1.165) is 22.6 Å². The van der Waals surface area contributed by atoms with Crippen molar-refractivity contribution in [3.8, 4) is 17.0 Å². The third-order valence-electron chi connectivity index (χ3n) is 4.16. The number of ether oxygens (including phenoxy) is 1. The summed E-state index contributed by atoms with van der Waals surface area (Å²) in [4.78, 5) is 0. The fourth-order valence-electron chi connectivity index (χ4n) is 2.44. The first kappa shape index (κ1) is 16.6. The summed E-state index contributed by atoms with van der Waals surface area (Å²) in [5.41, 5.74) is 6.71. The molecule has 1 aromatic carbocycles. The van der Waals surface area contributed by atoms with Crippen LogP contribution in [0.2, 0.25) is 0 Å². The monoisotopic (exact) mass is 318 g/mol. The van der Waals surface area contributed by atoms with Gasteiger partial charge in [0.25, 0.3) is 0 Å². The number of halogens is 1. The Hall–Kier alpha value is -1.74. The molecule has 118 valence electrons. The average Bonchev–Trinajstić information content (AvgIpc) is 2.69. The molecule has 0 saturated carbocycles. The minimum absolute atomic E-state index is 0.234. The lowest BCUT2D eigenvalue weighted by atomic mass is 9.99. The van der Waals surface area contributed by atoms with E-state index in [9.17, 15) is 0 Å². The summed E-state index contributed by atoms with van der Waals surface area (Å²) < 4.78 is 7.84. The van der Waals surface area contributed by atoms with Crippen LogP contribution >= 0.6 is 11.6 Å². The Kier molecular flexibility index (Phi) is 4.66. The maximum absolute atomic E-state index is 5.93.